The number of benzene rings is 1. The molecule has 2 unspecified atom stereocenters. The highest BCUT2D eigenvalue weighted by Crippen LogP contribution is 2.31. The second-order valence-electron chi connectivity index (χ2n) is 5.01. The molecule has 1 aliphatic heterocycles. The van der Waals surface area contributed by atoms with E-state index in [4.69, 9.17) is 10.5 Å². The van der Waals surface area contributed by atoms with Gasteiger partial charge in [-0.15, -0.1) is 0 Å². The standard InChI is InChI=1S/C15H22N2O2/c1-3-17-14(18)8-7-13(16)15(17)12-6-4-5-11(9-12)10-19-2/h4-6,9,13,15H,3,7-8,10,16H2,1-2H3. The van der Waals surface area contributed by atoms with Crippen molar-refractivity contribution >= 4 is 5.91 Å². The molecular weight excluding hydrogens is 240 g/mol. The molecule has 0 saturated carbocycles. The Morgan fingerprint density at radius 3 is 2.95 bits per heavy atom. The minimum Gasteiger partial charge on any atom is -0.380 e. The number of likely N-dealkylation sites (tertiary alicyclic amines) is 1. The van der Waals surface area contributed by atoms with E-state index >= 15 is 0 Å². The molecule has 1 aromatic carbocycles. The molecule has 104 valence electrons. The molecule has 1 fully saturated rings. The summed E-state index contributed by atoms with van der Waals surface area (Å²) in [5, 5.41) is 0. The monoisotopic (exact) mass is 262 g/mol. The molecule has 1 aromatic rings. The van der Waals surface area contributed by atoms with Crippen LogP contribution in [-0.2, 0) is 16.1 Å². The highest BCUT2D eigenvalue weighted by Gasteiger charge is 2.33. The summed E-state index contributed by atoms with van der Waals surface area (Å²) in [5.41, 5.74) is 8.46. The van der Waals surface area contributed by atoms with Crippen molar-refractivity contribution in [2.45, 2.75) is 38.5 Å². The molecule has 4 nitrogen and oxygen atoms in total. The van der Waals surface area contributed by atoms with Crippen molar-refractivity contribution in [2.24, 2.45) is 5.73 Å². The number of rotatable bonds is 4. The van der Waals surface area contributed by atoms with E-state index in [0.717, 1.165) is 17.5 Å². The molecule has 1 aliphatic rings. The lowest BCUT2D eigenvalue weighted by Gasteiger charge is -2.39. The predicted molar refractivity (Wildman–Crippen MR) is 74.5 cm³/mol. The van der Waals surface area contributed by atoms with Crippen LogP contribution < -0.4 is 5.73 Å². The van der Waals surface area contributed by atoms with E-state index in [0.29, 0.717) is 19.6 Å². The maximum atomic E-state index is 12.0. The fraction of sp³-hybridized carbons (Fsp3) is 0.533. The Morgan fingerprint density at radius 2 is 2.26 bits per heavy atom. The molecule has 2 rings (SSSR count). The first-order chi connectivity index (χ1) is 9.17. The van der Waals surface area contributed by atoms with E-state index in [2.05, 4.69) is 6.07 Å². The first-order valence-corrected chi connectivity index (χ1v) is 6.80. The highest BCUT2D eigenvalue weighted by atomic mass is 16.5. The molecule has 1 heterocycles. The zero-order chi connectivity index (χ0) is 13.8. The van der Waals surface area contributed by atoms with Gasteiger partial charge in [-0.2, -0.15) is 0 Å². The number of amides is 1. The second-order valence-corrected chi connectivity index (χ2v) is 5.01. The van der Waals surface area contributed by atoms with Crippen molar-refractivity contribution in [3.8, 4) is 0 Å². The van der Waals surface area contributed by atoms with E-state index in [-0.39, 0.29) is 18.0 Å². The van der Waals surface area contributed by atoms with Gasteiger partial charge in [0.05, 0.1) is 12.6 Å². The van der Waals surface area contributed by atoms with Crippen molar-refractivity contribution in [3.63, 3.8) is 0 Å². The Morgan fingerprint density at radius 1 is 1.47 bits per heavy atom. The summed E-state index contributed by atoms with van der Waals surface area (Å²) in [4.78, 5) is 13.9. The number of likely N-dealkylation sites (N-methyl/N-ethyl adjacent to an activating group) is 1. The van der Waals surface area contributed by atoms with Gasteiger partial charge in [0.15, 0.2) is 0 Å². The Balaban J connectivity index is 2.30. The third-order valence-corrected chi connectivity index (χ3v) is 3.70. The van der Waals surface area contributed by atoms with E-state index < -0.39 is 0 Å². The molecule has 4 heteroatoms. The first-order valence-electron chi connectivity index (χ1n) is 6.80. The zero-order valence-corrected chi connectivity index (χ0v) is 11.6. The Hall–Kier alpha value is -1.39. The summed E-state index contributed by atoms with van der Waals surface area (Å²) in [5.74, 6) is 0.200. The largest absolute Gasteiger partial charge is 0.380 e. The molecule has 0 aliphatic carbocycles. The summed E-state index contributed by atoms with van der Waals surface area (Å²) < 4.78 is 5.16. The third-order valence-electron chi connectivity index (χ3n) is 3.70. The van der Waals surface area contributed by atoms with Crippen molar-refractivity contribution in [2.75, 3.05) is 13.7 Å². The van der Waals surface area contributed by atoms with Gasteiger partial charge in [0.1, 0.15) is 0 Å². The Kier molecular flexibility index (Phi) is 4.56. The van der Waals surface area contributed by atoms with Crippen LogP contribution >= 0.6 is 0 Å². The maximum Gasteiger partial charge on any atom is 0.223 e. The molecule has 0 radical (unpaired) electrons. The Labute approximate surface area is 114 Å². The van der Waals surface area contributed by atoms with E-state index in [1.807, 2.05) is 30.0 Å². The van der Waals surface area contributed by atoms with Gasteiger partial charge in [0, 0.05) is 26.1 Å². The van der Waals surface area contributed by atoms with Gasteiger partial charge in [-0.3, -0.25) is 4.79 Å². The van der Waals surface area contributed by atoms with Crippen molar-refractivity contribution in [1.82, 2.24) is 4.90 Å². The third kappa shape index (κ3) is 2.96. The van der Waals surface area contributed by atoms with Crippen LogP contribution in [0.15, 0.2) is 24.3 Å². The quantitative estimate of drug-likeness (QED) is 0.901. The fourth-order valence-corrected chi connectivity index (χ4v) is 2.81. The van der Waals surface area contributed by atoms with Gasteiger partial charge >= 0.3 is 0 Å². The van der Waals surface area contributed by atoms with E-state index in [1.165, 1.54) is 0 Å². The number of nitrogens with zero attached hydrogens (tertiary/aromatic N) is 1. The van der Waals surface area contributed by atoms with Gasteiger partial charge in [0.25, 0.3) is 0 Å². The van der Waals surface area contributed by atoms with Crippen LogP contribution in [0.4, 0.5) is 0 Å². The van der Waals surface area contributed by atoms with Crippen LogP contribution in [-0.4, -0.2) is 30.5 Å². The summed E-state index contributed by atoms with van der Waals surface area (Å²) in [7, 11) is 1.68. The maximum absolute atomic E-state index is 12.0. The molecule has 2 N–H and O–H groups in total. The fourth-order valence-electron chi connectivity index (χ4n) is 2.81. The number of methoxy groups -OCH3 is 1. The normalized spacial score (nSPS) is 23.7. The molecule has 0 aromatic heterocycles. The SMILES string of the molecule is CCN1C(=O)CCC(N)C1c1cccc(COC)c1. The van der Waals surface area contributed by atoms with E-state index in [1.54, 1.807) is 7.11 Å². The van der Waals surface area contributed by atoms with Gasteiger partial charge in [0.2, 0.25) is 5.91 Å². The number of carbonyl (C=O) groups is 1. The number of hydrogen-bond acceptors (Lipinski definition) is 3. The van der Waals surface area contributed by atoms with Crippen LogP contribution in [0.25, 0.3) is 0 Å². The predicted octanol–water partition coefficient (Wildman–Crippen LogP) is 1.84. The van der Waals surface area contributed by atoms with Crippen molar-refractivity contribution in [1.29, 1.82) is 0 Å². The number of piperidine rings is 1. The molecule has 1 amide bonds. The van der Waals surface area contributed by atoms with Crippen molar-refractivity contribution in [3.05, 3.63) is 35.4 Å². The highest BCUT2D eigenvalue weighted by molar-refractivity contribution is 5.77. The van der Waals surface area contributed by atoms with Crippen LogP contribution in [0.3, 0.4) is 0 Å². The lowest BCUT2D eigenvalue weighted by Crippen LogP contribution is -2.48. The smallest absolute Gasteiger partial charge is 0.223 e. The second kappa shape index (κ2) is 6.17. The van der Waals surface area contributed by atoms with Gasteiger partial charge < -0.3 is 15.4 Å². The summed E-state index contributed by atoms with van der Waals surface area (Å²) >= 11 is 0. The molecule has 1 saturated heterocycles. The number of nitrogens with two attached hydrogens (primary N) is 1. The van der Waals surface area contributed by atoms with Gasteiger partial charge in [-0.25, -0.2) is 0 Å². The molecule has 0 bridgehead atoms. The first kappa shape index (κ1) is 14.0. The summed E-state index contributed by atoms with van der Waals surface area (Å²) in [6, 6.07) is 8.17. The minimum atomic E-state index is -0.0111. The average Bonchev–Trinajstić information content (AvgIpc) is 2.41. The van der Waals surface area contributed by atoms with Crippen molar-refractivity contribution < 1.29 is 9.53 Å². The number of hydrogen-bond donors (Lipinski definition) is 1. The van der Waals surface area contributed by atoms with Crippen LogP contribution in [0, 0.1) is 0 Å². The van der Waals surface area contributed by atoms with Gasteiger partial charge in [-0.05, 0) is 24.5 Å². The van der Waals surface area contributed by atoms with E-state index in [9.17, 15) is 4.79 Å². The lowest BCUT2D eigenvalue weighted by atomic mass is 9.90. The molecule has 19 heavy (non-hydrogen) atoms. The molecular formula is C15H22N2O2. The lowest BCUT2D eigenvalue weighted by molar-refractivity contribution is -0.137. The Bertz CT molecular complexity index is 448. The molecule has 2 atom stereocenters. The van der Waals surface area contributed by atoms with Crippen LogP contribution in [0.5, 0.6) is 0 Å². The topological polar surface area (TPSA) is 55.6 Å². The zero-order valence-electron chi connectivity index (χ0n) is 11.6. The number of ether oxygens (including phenoxy) is 1. The van der Waals surface area contributed by atoms with Crippen LogP contribution in [0.1, 0.15) is 36.9 Å². The summed E-state index contributed by atoms with van der Waals surface area (Å²) in [6.45, 7) is 3.28. The minimum absolute atomic E-state index is 0.00967. The number of carbonyl (C=O) groups excluding carboxylic acids is 1. The molecule has 0 spiro atoms. The van der Waals surface area contributed by atoms with Crippen LogP contribution in [0.2, 0.25) is 0 Å². The van der Waals surface area contributed by atoms with Gasteiger partial charge in [-0.1, -0.05) is 24.3 Å². The average molecular weight is 262 g/mol. The summed E-state index contributed by atoms with van der Waals surface area (Å²) in [6.07, 6.45) is 1.32.